The molecule has 0 saturated heterocycles. The molecule has 0 amide bonds. The average molecular weight is 337 g/mol. The monoisotopic (exact) mass is 336 g/mol. The van der Waals surface area contributed by atoms with Crippen molar-refractivity contribution in [3.05, 3.63) is 45.9 Å². The van der Waals surface area contributed by atoms with Crippen molar-refractivity contribution in [3.8, 4) is 0 Å². The summed E-state index contributed by atoms with van der Waals surface area (Å²) in [6, 6.07) is 8.22. The van der Waals surface area contributed by atoms with Crippen LogP contribution in [0.1, 0.15) is 37.7 Å². The number of benzene rings is 1. The van der Waals surface area contributed by atoms with Gasteiger partial charge in [0.15, 0.2) is 4.77 Å². The smallest absolute Gasteiger partial charge is 0.198 e. The van der Waals surface area contributed by atoms with E-state index in [1.165, 1.54) is 24.8 Å². The molecule has 118 valence electrons. The Morgan fingerprint density at radius 3 is 2.50 bits per heavy atom. The van der Waals surface area contributed by atoms with Crippen LogP contribution < -0.4 is 5.32 Å². The molecular formula is C16H21ClN4S. The number of aryl methyl sites for hydroxylation is 1. The molecule has 1 N–H and O–H groups in total. The van der Waals surface area contributed by atoms with E-state index < -0.39 is 0 Å². The Bertz CT molecular complexity index is 683. The molecule has 0 atom stereocenters. The number of hydrogen-bond donors (Lipinski definition) is 1. The van der Waals surface area contributed by atoms with Crippen molar-refractivity contribution in [2.75, 3.05) is 0 Å². The summed E-state index contributed by atoms with van der Waals surface area (Å²) in [5, 5.41) is 8.83. The highest BCUT2D eigenvalue weighted by atomic mass is 35.5. The van der Waals surface area contributed by atoms with Gasteiger partial charge < -0.3 is 4.57 Å². The number of nitrogens with zero attached hydrogens (tertiary/aromatic N) is 3. The van der Waals surface area contributed by atoms with Gasteiger partial charge in [0.2, 0.25) is 0 Å². The number of nitrogens with one attached hydrogen (secondary N) is 1. The second kappa shape index (κ2) is 6.52. The lowest BCUT2D eigenvalue weighted by Gasteiger charge is -2.39. The van der Waals surface area contributed by atoms with Crippen molar-refractivity contribution < 1.29 is 0 Å². The standard InChI is InChI=1S/C16H21ClN4S/c1-20-12-19-21(15(20)22)11-18-16(9-3-2-4-10-16)13-5-7-14(17)8-6-13/h5-8,12,18H,2-4,9-11H2,1H3. The van der Waals surface area contributed by atoms with Crippen molar-refractivity contribution in [2.45, 2.75) is 44.3 Å². The summed E-state index contributed by atoms with van der Waals surface area (Å²) in [5.74, 6) is 0. The van der Waals surface area contributed by atoms with E-state index in [9.17, 15) is 0 Å². The Kier molecular flexibility index (Phi) is 4.66. The van der Waals surface area contributed by atoms with Crippen LogP contribution in [0, 0.1) is 4.77 Å². The van der Waals surface area contributed by atoms with Crippen molar-refractivity contribution in [3.63, 3.8) is 0 Å². The van der Waals surface area contributed by atoms with Gasteiger partial charge in [-0.15, -0.1) is 0 Å². The molecule has 22 heavy (non-hydrogen) atoms. The minimum Gasteiger partial charge on any atom is -0.310 e. The van der Waals surface area contributed by atoms with E-state index in [2.05, 4.69) is 22.5 Å². The lowest BCUT2D eigenvalue weighted by molar-refractivity contribution is 0.210. The second-order valence-electron chi connectivity index (χ2n) is 6.01. The quantitative estimate of drug-likeness (QED) is 0.857. The van der Waals surface area contributed by atoms with Crippen LogP contribution in [0.2, 0.25) is 5.02 Å². The van der Waals surface area contributed by atoms with Crippen molar-refractivity contribution in [1.82, 2.24) is 19.7 Å². The summed E-state index contributed by atoms with van der Waals surface area (Å²) < 4.78 is 4.42. The maximum absolute atomic E-state index is 6.04. The van der Waals surface area contributed by atoms with Gasteiger partial charge in [0.25, 0.3) is 0 Å². The summed E-state index contributed by atoms with van der Waals surface area (Å²) in [5.41, 5.74) is 1.30. The molecule has 2 aromatic rings. The maximum atomic E-state index is 6.04. The van der Waals surface area contributed by atoms with Crippen molar-refractivity contribution in [2.24, 2.45) is 7.05 Å². The van der Waals surface area contributed by atoms with Crippen molar-refractivity contribution >= 4 is 23.8 Å². The maximum Gasteiger partial charge on any atom is 0.198 e. The van der Waals surface area contributed by atoms with E-state index in [1.807, 2.05) is 28.4 Å². The zero-order valence-electron chi connectivity index (χ0n) is 12.8. The highest BCUT2D eigenvalue weighted by Crippen LogP contribution is 2.37. The molecule has 0 bridgehead atoms. The Labute approximate surface area is 141 Å². The molecule has 4 nitrogen and oxygen atoms in total. The van der Waals surface area contributed by atoms with E-state index in [4.69, 9.17) is 23.8 Å². The molecule has 0 spiro atoms. The molecular weight excluding hydrogens is 316 g/mol. The van der Waals surface area contributed by atoms with Gasteiger partial charge in [-0.1, -0.05) is 43.0 Å². The van der Waals surface area contributed by atoms with Crippen LogP contribution in [0.3, 0.4) is 0 Å². The van der Waals surface area contributed by atoms with Gasteiger partial charge in [-0.05, 0) is 42.8 Å². The van der Waals surface area contributed by atoms with Crippen LogP contribution in [0.25, 0.3) is 0 Å². The third-order valence-electron chi connectivity index (χ3n) is 4.56. The first kappa shape index (κ1) is 15.7. The van der Waals surface area contributed by atoms with Crippen LogP contribution in [0.15, 0.2) is 30.6 Å². The normalized spacial score (nSPS) is 17.5. The van der Waals surface area contributed by atoms with Crippen molar-refractivity contribution in [1.29, 1.82) is 0 Å². The summed E-state index contributed by atoms with van der Waals surface area (Å²) >= 11 is 11.4. The molecule has 6 heteroatoms. The van der Waals surface area contributed by atoms with E-state index in [0.717, 1.165) is 22.6 Å². The molecule has 3 rings (SSSR count). The molecule has 1 aromatic carbocycles. The van der Waals surface area contributed by atoms with Crippen LogP contribution in [-0.2, 0) is 19.3 Å². The lowest BCUT2D eigenvalue weighted by atomic mass is 9.76. The molecule has 1 aromatic heterocycles. The Hall–Kier alpha value is -1.17. The molecule has 1 saturated carbocycles. The molecule has 0 aliphatic heterocycles. The first-order chi connectivity index (χ1) is 10.6. The van der Waals surface area contributed by atoms with E-state index >= 15 is 0 Å². The van der Waals surface area contributed by atoms with Crippen LogP contribution >= 0.6 is 23.8 Å². The minimum atomic E-state index is -0.00483. The third-order valence-corrected chi connectivity index (χ3v) is 5.31. The largest absolute Gasteiger partial charge is 0.310 e. The fourth-order valence-corrected chi connectivity index (χ4v) is 3.53. The zero-order chi connectivity index (χ0) is 15.6. The summed E-state index contributed by atoms with van der Waals surface area (Å²) in [4.78, 5) is 0. The Morgan fingerprint density at radius 2 is 1.91 bits per heavy atom. The lowest BCUT2D eigenvalue weighted by Crippen LogP contribution is -2.44. The van der Waals surface area contributed by atoms with Gasteiger partial charge in [-0.25, -0.2) is 4.68 Å². The second-order valence-corrected chi connectivity index (χ2v) is 6.81. The first-order valence-electron chi connectivity index (χ1n) is 7.70. The molecule has 1 fully saturated rings. The third kappa shape index (κ3) is 3.12. The topological polar surface area (TPSA) is 34.8 Å². The van der Waals surface area contributed by atoms with Crippen LogP contribution in [-0.4, -0.2) is 14.3 Å². The number of hydrogen-bond acceptors (Lipinski definition) is 3. The molecule has 0 unspecified atom stereocenters. The van der Waals surface area contributed by atoms with Gasteiger partial charge in [0.1, 0.15) is 6.33 Å². The van der Waals surface area contributed by atoms with E-state index in [0.29, 0.717) is 6.67 Å². The van der Waals surface area contributed by atoms with E-state index in [1.54, 1.807) is 6.33 Å². The number of halogens is 1. The number of rotatable bonds is 4. The van der Waals surface area contributed by atoms with Gasteiger partial charge in [0, 0.05) is 17.6 Å². The van der Waals surface area contributed by atoms with Gasteiger partial charge >= 0.3 is 0 Å². The minimum absolute atomic E-state index is 0.00483. The molecule has 1 aliphatic rings. The molecule has 1 aliphatic carbocycles. The highest BCUT2D eigenvalue weighted by molar-refractivity contribution is 7.71. The van der Waals surface area contributed by atoms with Crippen LogP contribution in [0.4, 0.5) is 0 Å². The summed E-state index contributed by atoms with van der Waals surface area (Å²) in [7, 11) is 1.92. The summed E-state index contributed by atoms with van der Waals surface area (Å²) in [6.45, 7) is 0.627. The molecule has 0 radical (unpaired) electrons. The Morgan fingerprint density at radius 1 is 1.23 bits per heavy atom. The zero-order valence-corrected chi connectivity index (χ0v) is 14.3. The summed E-state index contributed by atoms with van der Waals surface area (Å²) in [6.07, 6.45) is 7.80. The Balaban J connectivity index is 1.84. The number of aromatic nitrogens is 3. The first-order valence-corrected chi connectivity index (χ1v) is 8.49. The average Bonchev–Trinajstić information content (AvgIpc) is 2.86. The SMILES string of the molecule is Cn1cnn(CNC2(c3ccc(Cl)cc3)CCCCC2)c1=S. The highest BCUT2D eigenvalue weighted by Gasteiger charge is 2.33. The fourth-order valence-electron chi connectivity index (χ4n) is 3.25. The van der Waals surface area contributed by atoms with Gasteiger partial charge in [-0.2, -0.15) is 5.10 Å². The van der Waals surface area contributed by atoms with E-state index in [-0.39, 0.29) is 5.54 Å². The van der Waals surface area contributed by atoms with Gasteiger partial charge in [0.05, 0.1) is 6.67 Å². The van der Waals surface area contributed by atoms with Crippen LogP contribution in [0.5, 0.6) is 0 Å². The fraction of sp³-hybridized carbons (Fsp3) is 0.500. The predicted octanol–water partition coefficient (Wildman–Crippen LogP) is 4.01. The van der Waals surface area contributed by atoms with Gasteiger partial charge in [-0.3, -0.25) is 5.32 Å². The predicted molar refractivity (Wildman–Crippen MR) is 91.4 cm³/mol. The molecule has 1 heterocycles.